The number of rotatable bonds is 7. The van der Waals surface area contributed by atoms with Gasteiger partial charge in [-0.3, -0.25) is 4.79 Å². The Morgan fingerprint density at radius 3 is 2.15 bits per heavy atom. The van der Waals surface area contributed by atoms with Crippen LogP contribution >= 0.6 is 0 Å². The average Bonchev–Trinajstić information content (AvgIpc) is 3.13. The second-order valence-corrected chi connectivity index (χ2v) is 8.14. The molecule has 0 aliphatic heterocycles. The highest BCUT2D eigenvalue weighted by molar-refractivity contribution is 5.79. The van der Waals surface area contributed by atoms with Crippen LogP contribution in [0.1, 0.15) is 28.2 Å². The summed E-state index contributed by atoms with van der Waals surface area (Å²) in [7, 11) is 0. The largest absolute Gasteiger partial charge is 0.481 e. The Hall–Kier alpha value is -3.81. The van der Waals surface area contributed by atoms with Crippen LogP contribution in [0, 0.1) is 5.92 Å². The molecule has 1 aliphatic carbocycles. The lowest BCUT2D eigenvalue weighted by Crippen LogP contribution is -2.35. The number of benzene rings is 3. The summed E-state index contributed by atoms with van der Waals surface area (Å²) in [4.78, 5) is 23.9. The number of alkyl halides is 3. The number of alkyl carbamates (subject to hydrolysis) is 1. The van der Waals surface area contributed by atoms with Crippen molar-refractivity contribution in [1.82, 2.24) is 5.32 Å². The summed E-state index contributed by atoms with van der Waals surface area (Å²) < 4.78 is 44.2. The van der Waals surface area contributed by atoms with E-state index in [4.69, 9.17) is 4.74 Å². The molecule has 0 radical (unpaired) electrons. The number of carbonyl (C=O) groups excluding carboxylic acids is 1. The van der Waals surface area contributed by atoms with Gasteiger partial charge >= 0.3 is 18.2 Å². The van der Waals surface area contributed by atoms with Crippen LogP contribution < -0.4 is 5.32 Å². The average molecular weight is 469 g/mol. The molecule has 4 rings (SSSR count). The molecule has 0 fully saturated rings. The topological polar surface area (TPSA) is 75.6 Å². The van der Waals surface area contributed by atoms with Crippen molar-refractivity contribution in [2.24, 2.45) is 5.92 Å². The number of ether oxygens (including phenoxy) is 1. The van der Waals surface area contributed by atoms with Crippen molar-refractivity contribution in [3.8, 4) is 11.1 Å². The molecule has 1 amide bonds. The van der Waals surface area contributed by atoms with Crippen LogP contribution in [0.15, 0.2) is 72.8 Å². The molecule has 5 nitrogen and oxygen atoms in total. The maximum atomic E-state index is 12.9. The van der Waals surface area contributed by atoms with Gasteiger partial charge in [-0.2, -0.15) is 13.2 Å². The standard InChI is InChI=1S/C26H22F3NO4/c27-26(28,29)18-7-5-6-16(13-18)12-17(24(31)32)14-30-25(33)34-15-23-21-10-3-1-8-19(21)20-9-2-4-11-22(20)23/h1-11,13,17,23H,12,14-15H2,(H,30,33)(H,31,32). The van der Waals surface area contributed by atoms with E-state index >= 15 is 0 Å². The Labute approximate surface area is 194 Å². The predicted molar refractivity (Wildman–Crippen MR) is 119 cm³/mol. The number of hydrogen-bond donors (Lipinski definition) is 2. The zero-order valence-electron chi connectivity index (χ0n) is 18.0. The summed E-state index contributed by atoms with van der Waals surface area (Å²) in [5.74, 6) is -2.47. The van der Waals surface area contributed by atoms with Gasteiger partial charge in [0.15, 0.2) is 0 Å². The third kappa shape index (κ3) is 5.06. The van der Waals surface area contributed by atoms with Gasteiger partial charge in [-0.25, -0.2) is 4.79 Å². The minimum Gasteiger partial charge on any atom is -0.481 e. The van der Waals surface area contributed by atoms with E-state index in [9.17, 15) is 27.9 Å². The first-order valence-electron chi connectivity index (χ1n) is 10.7. The third-order valence-corrected chi connectivity index (χ3v) is 5.92. The zero-order valence-corrected chi connectivity index (χ0v) is 18.0. The fourth-order valence-corrected chi connectivity index (χ4v) is 4.26. The van der Waals surface area contributed by atoms with Crippen molar-refractivity contribution < 1.29 is 32.6 Å². The van der Waals surface area contributed by atoms with E-state index in [1.165, 1.54) is 12.1 Å². The van der Waals surface area contributed by atoms with E-state index in [1.807, 2.05) is 48.5 Å². The normalized spacial score (nSPS) is 13.6. The number of fused-ring (bicyclic) bond motifs is 3. The lowest BCUT2D eigenvalue weighted by atomic mass is 9.98. The van der Waals surface area contributed by atoms with E-state index < -0.39 is 29.7 Å². The monoisotopic (exact) mass is 469 g/mol. The van der Waals surface area contributed by atoms with Gasteiger partial charge < -0.3 is 15.2 Å². The number of nitrogens with one attached hydrogen (secondary N) is 1. The molecule has 1 aliphatic rings. The number of hydrogen-bond acceptors (Lipinski definition) is 3. The maximum absolute atomic E-state index is 12.9. The van der Waals surface area contributed by atoms with Gasteiger partial charge in [-0.15, -0.1) is 0 Å². The summed E-state index contributed by atoms with van der Waals surface area (Å²) in [5.41, 5.74) is 3.63. The molecule has 0 spiro atoms. The lowest BCUT2D eigenvalue weighted by Gasteiger charge is -2.17. The fourth-order valence-electron chi connectivity index (χ4n) is 4.26. The van der Waals surface area contributed by atoms with E-state index in [2.05, 4.69) is 5.32 Å². The molecule has 0 heterocycles. The number of carbonyl (C=O) groups is 2. The highest BCUT2D eigenvalue weighted by atomic mass is 19.4. The molecule has 2 N–H and O–H groups in total. The number of carboxylic acid groups (broad SMARTS) is 1. The van der Waals surface area contributed by atoms with Crippen molar-refractivity contribution in [3.05, 3.63) is 95.1 Å². The summed E-state index contributed by atoms with van der Waals surface area (Å²) in [6, 6.07) is 20.2. The Kier molecular flexibility index (Phi) is 6.58. The van der Waals surface area contributed by atoms with Gasteiger partial charge in [-0.05, 0) is 40.3 Å². The number of carboxylic acids is 1. The fraction of sp³-hybridized carbons (Fsp3) is 0.231. The quantitative estimate of drug-likeness (QED) is 0.480. The van der Waals surface area contributed by atoms with Gasteiger partial charge in [0, 0.05) is 12.5 Å². The van der Waals surface area contributed by atoms with Crippen LogP contribution in [0.25, 0.3) is 11.1 Å². The summed E-state index contributed by atoms with van der Waals surface area (Å²) in [5, 5.41) is 11.9. The van der Waals surface area contributed by atoms with E-state index in [-0.39, 0.29) is 31.1 Å². The Bertz CT molecular complexity index is 1160. The second kappa shape index (κ2) is 9.59. The van der Waals surface area contributed by atoms with Crippen LogP contribution in [0.2, 0.25) is 0 Å². The van der Waals surface area contributed by atoms with Gasteiger partial charge in [0.25, 0.3) is 0 Å². The molecule has 176 valence electrons. The molecule has 3 aromatic rings. The number of halogens is 3. The maximum Gasteiger partial charge on any atom is 0.416 e. The van der Waals surface area contributed by atoms with Crippen molar-refractivity contribution in [3.63, 3.8) is 0 Å². The minimum atomic E-state index is -4.52. The molecule has 8 heteroatoms. The molecule has 0 bridgehead atoms. The van der Waals surface area contributed by atoms with E-state index in [0.29, 0.717) is 0 Å². The van der Waals surface area contributed by atoms with Crippen molar-refractivity contribution in [2.75, 3.05) is 13.2 Å². The highest BCUT2D eigenvalue weighted by Gasteiger charge is 2.31. The van der Waals surface area contributed by atoms with Gasteiger partial charge in [0.05, 0.1) is 11.5 Å². The molecule has 3 aromatic carbocycles. The molecule has 0 aromatic heterocycles. The van der Waals surface area contributed by atoms with Crippen molar-refractivity contribution in [1.29, 1.82) is 0 Å². The first-order valence-corrected chi connectivity index (χ1v) is 10.7. The Balaban J connectivity index is 1.36. The smallest absolute Gasteiger partial charge is 0.416 e. The second-order valence-electron chi connectivity index (χ2n) is 8.14. The SMILES string of the molecule is O=C(NCC(Cc1cccc(C(F)(F)F)c1)C(=O)O)OCC1c2ccccc2-c2ccccc21. The van der Waals surface area contributed by atoms with Crippen molar-refractivity contribution in [2.45, 2.75) is 18.5 Å². The van der Waals surface area contributed by atoms with E-state index in [0.717, 1.165) is 34.4 Å². The molecule has 0 saturated carbocycles. The predicted octanol–water partition coefficient (Wildman–Crippen LogP) is 5.49. The molecule has 1 unspecified atom stereocenters. The van der Waals surface area contributed by atoms with Gasteiger partial charge in [-0.1, -0.05) is 66.7 Å². The Morgan fingerprint density at radius 1 is 0.941 bits per heavy atom. The van der Waals surface area contributed by atoms with Crippen LogP contribution in [0.3, 0.4) is 0 Å². The molecular weight excluding hydrogens is 447 g/mol. The van der Waals surface area contributed by atoms with Gasteiger partial charge in [0.2, 0.25) is 0 Å². The van der Waals surface area contributed by atoms with Crippen molar-refractivity contribution >= 4 is 12.1 Å². The molecule has 0 saturated heterocycles. The summed E-state index contributed by atoms with van der Waals surface area (Å²) in [6.07, 6.45) is -5.46. The molecule has 34 heavy (non-hydrogen) atoms. The lowest BCUT2D eigenvalue weighted by molar-refractivity contribution is -0.141. The molecule has 1 atom stereocenters. The summed E-state index contributed by atoms with van der Waals surface area (Å²) in [6.45, 7) is -0.201. The van der Waals surface area contributed by atoms with E-state index in [1.54, 1.807) is 0 Å². The number of amides is 1. The van der Waals surface area contributed by atoms with Gasteiger partial charge in [0.1, 0.15) is 6.61 Å². The van der Waals surface area contributed by atoms with Crippen LogP contribution in [0.4, 0.5) is 18.0 Å². The minimum absolute atomic E-state index is 0.0746. The van der Waals surface area contributed by atoms with Crippen LogP contribution in [0.5, 0.6) is 0 Å². The zero-order chi connectivity index (χ0) is 24.3. The highest BCUT2D eigenvalue weighted by Crippen LogP contribution is 2.44. The van der Waals surface area contributed by atoms with Crippen LogP contribution in [-0.4, -0.2) is 30.3 Å². The Morgan fingerprint density at radius 2 is 1.56 bits per heavy atom. The summed E-state index contributed by atoms with van der Waals surface area (Å²) >= 11 is 0. The number of aliphatic carboxylic acids is 1. The molecular formula is C26H22F3NO4. The van der Waals surface area contributed by atoms with Crippen LogP contribution in [-0.2, 0) is 22.1 Å². The first-order chi connectivity index (χ1) is 16.2. The third-order valence-electron chi connectivity index (χ3n) is 5.92. The first kappa shape index (κ1) is 23.4.